The van der Waals surface area contributed by atoms with Crippen LogP contribution < -0.4 is 0 Å². The van der Waals surface area contributed by atoms with Gasteiger partial charge in [-0.3, -0.25) is 0 Å². The molecule has 0 N–H and O–H groups in total. The van der Waals surface area contributed by atoms with Crippen molar-refractivity contribution in [3.63, 3.8) is 0 Å². The highest BCUT2D eigenvalue weighted by molar-refractivity contribution is 5.02. The molecule has 2 fully saturated rings. The quantitative estimate of drug-likeness (QED) is 0.366. The molecule has 5 unspecified atom stereocenters. The fourth-order valence-electron chi connectivity index (χ4n) is 4.91. The molecule has 0 aromatic carbocycles. The highest BCUT2D eigenvalue weighted by Crippen LogP contribution is 2.45. The van der Waals surface area contributed by atoms with Crippen molar-refractivity contribution in [2.24, 2.45) is 23.7 Å². The molecule has 144 valence electrons. The predicted octanol–water partition coefficient (Wildman–Crippen LogP) is 6.17. The molecule has 0 aliphatic heterocycles. The van der Waals surface area contributed by atoms with Gasteiger partial charge >= 0.3 is 0 Å². The Bertz CT molecular complexity index is 443. The fourth-order valence-corrected chi connectivity index (χ4v) is 4.91. The van der Waals surface area contributed by atoms with E-state index in [9.17, 15) is 0 Å². The van der Waals surface area contributed by atoms with Gasteiger partial charge < -0.3 is 9.47 Å². The minimum absolute atomic E-state index is 0.462. The van der Waals surface area contributed by atoms with Crippen LogP contribution in [0.25, 0.3) is 0 Å². The zero-order valence-electron chi connectivity index (χ0n) is 17.2. The number of allylic oxidation sites excluding steroid dienone is 3. The van der Waals surface area contributed by atoms with E-state index in [1.54, 1.807) is 0 Å². The zero-order valence-corrected chi connectivity index (χ0v) is 17.2. The highest BCUT2D eigenvalue weighted by Gasteiger charge is 2.40. The number of hydrogen-bond donors (Lipinski definition) is 0. The Labute approximate surface area is 156 Å². The maximum atomic E-state index is 6.27. The third-order valence-corrected chi connectivity index (χ3v) is 5.99. The number of hydrogen-bond acceptors (Lipinski definition) is 2. The van der Waals surface area contributed by atoms with E-state index in [0.717, 1.165) is 37.2 Å². The Balaban J connectivity index is 1.60. The van der Waals surface area contributed by atoms with Crippen molar-refractivity contribution in [1.82, 2.24) is 0 Å². The normalized spacial score (nSPS) is 32.5. The van der Waals surface area contributed by atoms with E-state index < -0.39 is 0 Å². The Morgan fingerprint density at radius 1 is 0.960 bits per heavy atom. The second kappa shape index (κ2) is 10.5. The average Bonchev–Trinajstić information content (AvgIpc) is 2.52. The van der Waals surface area contributed by atoms with Gasteiger partial charge in [-0.1, -0.05) is 37.1 Å². The average molecular weight is 349 g/mol. The fraction of sp³-hybridized carbons (Fsp3) is 0.826. The van der Waals surface area contributed by atoms with Crippen LogP contribution >= 0.6 is 0 Å². The van der Waals surface area contributed by atoms with Crippen molar-refractivity contribution < 1.29 is 9.47 Å². The molecule has 0 spiro atoms. The zero-order chi connectivity index (χ0) is 18.2. The minimum atomic E-state index is 0.462. The molecule has 2 heteroatoms. The van der Waals surface area contributed by atoms with Gasteiger partial charge in [-0.25, -0.2) is 0 Å². The van der Waals surface area contributed by atoms with E-state index in [-0.39, 0.29) is 0 Å². The molecule has 0 radical (unpaired) electrons. The van der Waals surface area contributed by atoms with Gasteiger partial charge in [-0.05, 0) is 83.0 Å². The first-order chi connectivity index (χ1) is 12.0. The molecule has 0 heterocycles. The Hall–Kier alpha value is -0.600. The number of ether oxygens (including phenoxy) is 2. The molecule has 2 rings (SSSR count). The van der Waals surface area contributed by atoms with Crippen LogP contribution in [-0.4, -0.2) is 25.9 Å². The molecule has 0 amide bonds. The van der Waals surface area contributed by atoms with Crippen molar-refractivity contribution in [2.75, 3.05) is 19.8 Å². The highest BCUT2D eigenvalue weighted by atomic mass is 16.5. The van der Waals surface area contributed by atoms with E-state index in [0.29, 0.717) is 25.2 Å². The van der Waals surface area contributed by atoms with Gasteiger partial charge in [0.05, 0.1) is 25.9 Å². The molecular weight excluding hydrogens is 308 g/mol. The number of fused-ring (bicyclic) bond motifs is 2. The van der Waals surface area contributed by atoms with E-state index >= 15 is 0 Å². The molecule has 2 aliphatic carbocycles. The molecule has 2 saturated carbocycles. The lowest BCUT2D eigenvalue weighted by Crippen LogP contribution is -2.42. The van der Waals surface area contributed by atoms with Gasteiger partial charge in [0.25, 0.3) is 0 Å². The second-order valence-electron chi connectivity index (χ2n) is 8.93. The maximum Gasteiger partial charge on any atom is 0.0704 e. The summed E-state index contributed by atoms with van der Waals surface area (Å²) in [6.45, 7) is 13.5. The summed E-state index contributed by atoms with van der Waals surface area (Å²) in [7, 11) is 0. The Morgan fingerprint density at radius 3 is 2.52 bits per heavy atom. The predicted molar refractivity (Wildman–Crippen MR) is 107 cm³/mol. The molecule has 0 aromatic heterocycles. The summed E-state index contributed by atoms with van der Waals surface area (Å²) in [6, 6.07) is 0. The van der Waals surface area contributed by atoms with Gasteiger partial charge in [0.2, 0.25) is 0 Å². The van der Waals surface area contributed by atoms with Crippen LogP contribution in [0.3, 0.4) is 0 Å². The molecule has 2 aliphatic rings. The largest absolute Gasteiger partial charge is 0.375 e. The van der Waals surface area contributed by atoms with Crippen LogP contribution in [0.1, 0.15) is 73.1 Å². The topological polar surface area (TPSA) is 18.5 Å². The van der Waals surface area contributed by atoms with E-state index in [1.807, 2.05) is 0 Å². The molecule has 2 bridgehead atoms. The van der Waals surface area contributed by atoms with Crippen molar-refractivity contribution in [3.05, 3.63) is 23.3 Å². The van der Waals surface area contributed by atoms with Gasteiger partial charge in [0.15, 0.2) is 0 Å². The van der Waals surface area contributed by atoms with E-state index in [1.165, 1.54) is 36.8 Å². The molecular formula is C23H40O2. The molecule has 2 nitrogen and oxygen atoms in total. The Kier molecular flexibility index (Phi) is 8.72. The monoisotopic (exact) mass is 348 g/mol. The van der Waals surface area contributed by atoms with Crippen molar-refractivity contribution >= 4 is 0 Å². The third-order valence-electron chi connectivity index (χ3n) is 5.99. The van der Waals surface area contributed by atoms with Crippen LogP contribution in [0.5, 0.6) is 0 Å². The smallest absolute Gasteiger partial charge is 0.0704 e. The summed E-state index contributed by atoms with van der Waals surface area (Å²) < 4.78 is 12.0. The number of rotatable bonds is 9. The van der Waals surface area contributed by atoms with Crippen LogP contribution in [-0.2, 0) is 9.47 Å². The first kappa shape index (κ1) is 20.7. The van der Waals surface area contributed by atoms with E-state index in [4.69, 9.17) is 9.47 Å². The Morgan fingerprint density at radius 2 is 1.76 bits per heavy atom. The molecule has 5 atom stereocenters. The van der Waals surface area contributed by atoms with Gasteiger partial charge in [-0.15, -0.1) is 0 Å². The maximum absolute atomic E-state index is 6.27. The first-order valence-electron chi connectivity index (χ1n) is 10.4. The van der Waals surface area contributed by atoms with Crippen molar-refractivity contribution in [2.45, 2.75) is 79.2 Å². The SMILES string of the molecule is CC(C)=CCC/C(C)=C/COCCOC1C(C)CC2CC(C)CC1C2. The molecule has 0 aromatic rings. The van der Waals surface area contributed by atoms with Gasteiger partial charge in [0.1, 0.15) is 0 Å². The lowest BCUT2D eigenvalue weighted by molar-refractivity contribution is -0.0906. The van der Waals surface area contributed by atoms with Crippen LogP contribution in [0, 0.1) is 23.7 Å². The van der Waals surface area contributed by atoms with Gasteiger partial charge in [-0.2, -0.15) is 0 Å². The van der Waals surface area contributed by atoms with Crippen LogP contribution in [0.2, 0.25) is 0 Å². The lowest BCUT2D eigenvalue weighted by Gasteiger charge is -2.46. The van der Waals surface area contributed by atoms with Crippen LogP contribution in [0.15, 0.2) is 23.3 Å². The summed E-state index contributed by atoms with van der Waals surface area (Å²) in [4.78, 5) is 0. The van der Waals surface area contributed by atoms with E-state index in [2.05, 4.69) is 46.8 Å². The summed E-state index contributed by atoms with van der Waals surface area (Å²) in [5.74, 6) is 3.35. The van der Waals surface area contributed by atoms with Crippen molar-refractivity contribution in [1.29, 1.82) is 0 Å². The van der Waals surface area contributed by atoms with Gasteiger partial charge in [0, 0.05) is 0 Å². The second-order valence-corrected chi connectivity index (χ2v) is 8.93. The standard InChI is InChI=1S/C23H40O2/c1-17(2)7-6-8-18(3)9-10-24-11-12-25-23-20(5)15-21-13-19(4)14-22(23)16-21/h7,9,19-23H,6,8,10-16H2,1-5H3/b18-9+. The third kappa shape index (κ3) is 7.27. The summed E-state index contributed by atoms with van der Waals surface area (Å²) >= 11 is 0. The first-order valence-corrected chi connectivity index (χ1v) is 10.4. The molecule has 0 saturated heterocycles. The summed E-state index contributed by atoms with van der Waals surface area (Å²) in [5, 5.41) is 0. The molecule has 25 heavy (non-hydrogen) atoms. The van der Waals surface area contributed by atoms with Crippen molar-refractivity contribution in [3.8, 4) is 0 Å². The minimum Gasteiger partial charge on any atom is -0.375 e. The summed E-state index contributed by atoms with van der Waals surface area (Å²) in [5.41, 5.74) is 2.82. The summed E-state index contributed by atoms with van der Waals surface area (Å²) in [6.07, 6.45) is 12.8. The lowest BCUT2D eigenvalue weighted by atomic mass is 9.64. The van der Waals surface area contributed by atoms with Crippen LogP contribution in [0.4, 0.5) is 0 Å².